The maximum Gasteiger partial charge on any atom is 0.253 e. The standard InChI is InChI=1S/C9H10N2O2/c10-8-4-2-1-3-7(8)9(13)11-5-6-12/h1-4,6H,5,10H2,(H,11,13). The first-order valence-corrected chi connectivity index (χ1v) is 3.82. The molecule has 4 nitrogen and oxygen atoms in total. The molecule has 0 fully saturated rings. The molecule has 1 aromatic rings. The Morgan fingerprint density at radius 1 is 1.46 bits per heavy atom. The molecule has 13 heavy (non-hydrogen) atoms. The van der Waals surface area contributed by atoms with Crippen LogP contribution in [0.25, 0.3) is 0 Å². The molecule has 0 radical (unpaired) electrons. The molecule has 0 aliphatic rings. The fourth-order valence-corrected chi connectivity index (χ4v) is 0.933. The van der Waals surface area contributed by atoms with E-state index in [-0.39, 0.29) is 12.5 Å². The van der Waals surface area contributed by atoms with Gasteiger partial charge in [0.15, 0.2) is 0 Å². The number of hydrogen-bond donors (Lipinski definition) is 2. The Hall–Kier alpha value is -1.84. The monoisotopic (exact) mass is 178 g/mol. The molecule has 0 atom stereocenters. The van der Waals surface area contributed by atoms with Gasteiger partial charge < -0.3 is 15.8 Å². The van der Waals surface area contributed by atoms with Gasteiger partial charge in [-0.25, -0.2) is 0 Å². The van der Waals surface area contributed by atoms with Crippen LogP contribution in [-0.4, -0.2) is 18.7 Å². The minimum absolute atomic E-state index is 0.00711. The quantitative estimate of drug-likeness (QED) is 0.513. The second-order valence-electron chi connectivity index (χ2n) is 2.46. The molecule has 0 aromatic heterocycles. The van der Waals surface area contributed by atoms with Gasteiger partial charge in [0.25, 0.3) is 5.91 Å². The van der Waals surface area contributed by atoms with Crippen LogP contribution < -0.4 is 11.1 Å². The van der Waals surface area contributed by atoms with Crippen molar-refractivity contribution < 1.29 is 9.59 Å². The molecule has 0 unspecified atom stereocenters. The van der Waals surface area contributed by atoms with Gasteiger partial charge in [-0.2, -0.15) is 0 Å². The minimum atomic E-state index is -0.329. The lowest BCUT2D eigenvalue weighted by Gasteiger charge is -2.03. The van der Waals surface area contributed by atoms with E-state index in [2.05, 4.69) is 5.32 Å². The van der Waals surface area contributed by atoms with Crippen LogP contribution in [0.2, 0.25) is 0 Å². The molecule has 0 spiro atoms. The lowest BCUT2D eigenvalue weighted by Crippen LogP contribution is -2.25. The largest absolute Gasteiger partial charge is 0.398 e. The smallest absolute Gasteiger partial charge is 0.253 e. The van der Waals surface area contributed by atoms with Crippen molar-refractivity contribution in [3.63, 3.8) is 0 Å². The van der Waals surface area contributed by atoms with Crippen molar-refractivity contribution in [1.82, 2.24) is 5.32 Å². The number of amides is 1. The summed E-state index contributed by atoms with van der Waals surface area (Å²) in [5.41, 5.74) is 6.35. The molecule has 0 saturated carbocycles. The third-order valence-electron chi connectivity index (χ3n) is 1.55. The summed E-state index contributed by atoms with van der Waals surface area (Å²) < 4.78 is 0. The maximum atomic E-state index is 11.3. The van der Waals surface area contributed by atoms with Gasteiger partial charge in [-0.05, 0) is 12.1 Å². The van der Waals surface area contributed by atoms with Crippen molar-refractivity contribution in [3.05, 3.63) is 29.8 Å². The molecule has 0 aliphatic heterocycles. The third kappa shape index (κ3) is 2.30. The van der Waals surface area contributed by atoms with Gasteiger partial charge in [0.2, 0.25) is 0 Å². The van der Waals surface area contributed by atoms with Crippen LogP contribution in [0.15, 0.2) is 24.3 Å². The lowest BCUT2D eigenvalue weighted by atomic mass is 10.2. The van der Waals surface area contributed by atoms with Crippen LogP contribution >= 0.6 is 0 Å². The van der Waals surface area contributed by atoms with E-state index < -0.39 is 0 Å². The van der Waals surface area contributed by atoms with Crippen LogP contribution in [0.3, 0.4) is 0 Å². The molecule has 0 heterocycles. The van der Waals surface area contributed by atoms with E-state index in [1.54, 1.807) is 24.3 Å². The van der Waals surface area contributed by atoms with Gasteiger partial charge >= 0.3 is 0 Å². The molecule has 0 saturated heterocycles. The Bertz CT molecular complexity index is 323. The van der Waals surface area contributed by atoms with Crippen molar-refractivity contribution in [1.29, 1.82) is 0 Å². The fourth-order valence-electron chi connectivity index (χ4n) is 0.933. The Kier molecular flexibility index (Phi) is 3.03. The highest BCUT2D eigenvalue weighted by Crippen LogP contribution is 2.09. The van der Waals surface area contributed by atoms with Crippen molar-refractivity contribution in [2.75, 3.05) is 12.3 Å². The summed E-state index contributed by atoms with van der Waals surface area (Å²) in [5, 5.41) is 2.40. The molecule has 4 heteroatoms. The van der Waals surface area contributed by atoms with Gasteiger partial charge in [-0.15, -0.1) is 0 Å². The van der Waals surface area contributed by atoms with E-state index in [4.69, 9.17) is 5.73 Å². The summed E-state index contributed by atoms with van der Waals surface area (Å²) in [5.74, 6) is -0.329. The predicted octanol–water partition coefficient (Wildman–Crippen LogP) is 0.197. The number of carbonyl (C=O) groups excluding carboxylic acids is 2. The summed E-state index contributed by atoms with van der Waals surface area (Å²) in [6.07, 6.45) is 0.622. The molecule has 1 aromatic carbocycles. The van der Waals surface area contributed by atoms with Crippen molar-refractivity contribution in [3.8, 4) is 0 Å². The van der Waals surface area contributed by atoms with Crippen LogP contribution in [-0.2, 0) is 4.79 Å². The number of carbonyl (C=O) groups is 2. The van der Waals surface area contributed by atoms with Crippen LogP contribution in [0.5, 0.6) is 0 Å². The number of hydrogen-bond acceptors (Lipinski definition) is 3. The average Bonchev–Trinajstić information content (AvgIpc) is 2.15. The Labute approximate surface area is 75.7 Å². The molecule has 0 bridgehead atoms. The van der Waals surface area contributed by atoms with Crippen molar-refractivity contribution in [2.45, 2.75) is 0 Å². The number of nitrogens with one attached hydrogen (secondary N) is 1. The number of nitrogens with two attached hydrogens (primary N) is 1. The van der Waals surface area contributed by atoms with Gasteiger partial charge in [0.05, 0.1) is 12.1 Å². The van der Waals surface area contributed by atoms with Gasteiger partial charge in [-0.1, -0.05) is 12.1 Å². The number of anilines is 1. The van der Waals surface area contributed by atoms with E-state index in [1.165, 1.54) is 0 Å². The molecule has 68 valence electrons. The number of benzene rings is 1. The highest BCUT2D eigenvalue weighted by Gasteiger charge is 2.06. The van der Waals surface area contributed by atoms with Gasteiger partial charge in [0.1, 0.15) is 6.29 Å². The number of nitrogen functional groups attached to an aromatic ring is 1. The Morgan fingerprint density at radius 2 is 2.15 bits per heavy atom. The van der Waals surface area contributed by atoms with Crippen LogP contribution in [0.1, 0.15) is 10.4 Å². The normalized spacial score (nSPS) is 9.23. The fraction of sp³-hybridized carbons (Fsp3) is 0.111. The van der Waals surface area contributed by atoms with Crippen LogP contribution in [0, 0.1) is 0 Å². The third-order valence-corrected chi connectivity index (χ3v) is 1.55. The highest BCUT2D eigenvalue weighted by molar-refractivity contribution is 5.99. The molecule has 1 rings (SSSR count). The van der Waals surface area contributed by atoms with Gasteiger partial charge in [-0.3, -0.25) is 4.79 Å². The topological polar surface area (TPSA) is 72.2 Å². The number of aldehydes is 1. The average molecular weight is 178 g/mol. The Balaban J connectivity index is 2.76. The molecular weight excluding hydrogens is 168 g/mol. The van der Waals surface area contributed by atoms with Gasteiger partial charge in [0, 0.05) is 5.69 Å². The Morgan fingerprint density at radius 3 is 2.77 bits per heavy atom. The maximum absolute atomic E-state index is 11.3. The van der Waals surface area contributed by atoms with E-state index in [0.717, 1.165) is 0 Å². The van der Waals surface area contributed by atoms with E-state index >= 15 is 0 Å². The summed E-state index contributed by atoms with van der Waals surface area (Å²) >= 11 is 0. The minimum Gasteiger partial charge on any atom is -0.398 e. The first-order chi connectivity index (χ1) is 6.25. The van der Waals surface area contributed by atoms with E-state index in [0.29, 0.717) is 17.5 Å². The summed E-state index contributed by atoms with van der Waals surface area (Å²) in [6.45, 7) is 0.00711. The van der Waals surface area contributed by atoms with Crippen LogP contribution in [0.4, 0.5) is 5.69 Å². The first-order valence-electron chi connectivity index (χ1n) is 3.82. The summed E-state index contributed by atoms with van der Waals surface area (Å²) in [4.78, 5) is 21.3. The second kappa shape index (κ2) is 4.25. The number of rotatable bonds is 3. The molecule has 1 amide bonds. The number of para-hydroxylation sites is 1. The first kappa shape index (κ1) is 9.25. The predicted molar refractivity (Wildman–Crippen MR) is 49.3 cm³/mol. The zero-order chi connectivity index (χ0) is 9.68. The second-order valence-corrected chi connectivity index (χ2v) is 2.46. The van der Waals surface area contributed by atoms with Crippen molar-refractivity contribution >= 4 is 17.9 Å². The summed E-state index contributed by atoms with van der Waals surface area (Å²) in [6, 6.07) is 6.70. The summed E-state index contributed by atoms with van der Waals surface area (Å²) in [7, 11) is 0. The zero-order valence-corrected chi connectivity index (χ0v) is 6.99. The zero-order valence-electron chi connectivity index (χ0n) is 6.99. The molecule has 3 N–H and O–H groups in total. The molecule has 0 aliphatic carbocycles. The SMILES string of the molecule is Nc1ccccc1C(=O)NCC=O. The molecular formula is C9H10N2O2. The van der Waals surface area contributed by atoms with Crippen molar-refractivity contribution in [2.24, 2.45) is 0 Å². The lowest BCUT2D eigenvalue weighted by molar-refractivity contribution is -0.107. The highest BCUT2D eigenvalue weighted by atomic mass is 16.2. The van der Waals surface area contributed by atoms with E-state index in [1.807, 2.05) is 0 Å². The van der Waals surface area contributed by atoms with E-state index in [9.17, 15) is 9.59 Å².